The Morgan fingerprint density at radius 3 is 3.07 bits per heavy atom. The minimum absolute atomic E-state index is 0.381. The highest BCUT2D eigenvalue weighted by molar-refractivity contribution is 7.99. The van der Waals surface area contributed by atoms with Gasteiger partial charge in [-0.1, -0.05) is 31.5 Å². The van der Waals surface area contributed by atoms with E-state index in [1.54, 1.807) is 0 Å². The number of hydrogen-bond donors (Lipinski definition) is 1. The number of nitrogens with two attached hydrogens (primary N) is 1. The quantitative estimate of drug-likeness (QED) is 0.843. The molecule has 0 amide bonds. The van der Waals surface area contributed by atoms with Gasteiger partial charge in [0.15, 0.2) is 0 Å². The number of thioether (sulfide) groups is 1. The number of fused-ring (bicyclic) bond motifs is 1. The molecule has 15 heavy (non-hydrogen) atoms. The van der Waals surface area contributed by atoms with Crippen LogP contribution in [0.4, 0.5) is 0 Å². The highest BCUT2D eigenvalue weighted by Gasteiger charge is 2.23. The molecule has 82 valence electrons. The Hall–Kier alpha value is -0.470. The van der Waals surface area contributed by atoms with Crippen LogP contribution in [0.2, 0.25) is 0 Å². The summed E-state index contributed by atoms with van der Waals surface area (Å²) in [4.78, 5) is 1.46. The maximum Gasteiger partial charge on any atom is 0.0107 e. The summed E-state index contributed by atoms with van der Waals surface area (Å²) in [6, 6.07) is 9.14. The molecule has 2 heteroatoms. The van der Waals surface area contributed by atoms with Crippen LogP contribution in [-0.2, 0) is 0 Å². The lowest BCUT2D eigenvalue weighted by Gasteiger charge is -2.16. The molecule has 0 saturated heterocycles. The van der Waals surface area contributed by atoms with Gasteiger partial charge in [0, 0.05) is 16.7 Å². The lowest BCUT2D eigenvalue weighted by Crippen LogP contribution is -2.22. The number of hydrogen-bond acceptors (Lipinski definition) is 2. The van der Waals surface area contributed by atoms with Gasteiger partial charge in [-0.15, -0.1) is 11.8 Å². The zero-order valence-electron chi connectivity index (χ0n) is 9.28. The van der Waals surface area contributed by atoms with Gasteiger partial charge in [0.1, 0.15) is 0 Å². The molecule has 2 unspecified atom stereocenters. The minimum atomic E-state index is 0.381. The van der Waals surface area contributed by atoms with Crippen molar-refractivity contribution >= 4 is 11.8 Å². The van der Waals surface area contributed by atoms with E-state index in [-0.39, 0.29) is 0 Å². The first-order chi connectivity index (χ1) is 7.31. The van der Waals surface area contributed by atoms with Crippen molar-refractivity contribution in [3.8, 4) is 0 Å². The average Bonchev–Trinajstić information content (AvgIpc) is 2.62. The Balaban J connectivity index is 2.01. The van der Waals surface area contributed by atoms with Gasteiger partial charge in [-0.25, -0.2) is 0 Å². The van der Waals surface area contributed by atoms with Crippen LogP contribution in [0, 0.1) is 0 Å². The van der Waals surface area contributed by atoms with Crippen LogP contribution in [0.5, 0.6) is 0 Å². The largest absolute Gasteiger partial charge is 0.328 e. The second-order valence-corrected chi connectivity index (χ2v) is 5.39. The SMILES string of the molecule is CCCC(N)CC1CSc2ccccc21. The third kappa shape index (κ3) is 2.56. The third-order valence-electron chi connectivity index (χ3n) is 3.05. The molecule has 0 aromatic heterocycles. The van der Waals surface area contributed by atoms with Crippen LogP contribution in [-0.4, -0.2) is 11.8 Å². The molecule has 0 fully saturated rings. The normalized spacial score (nSPS) is 21.3. The molecule has 1 heterocycles. The maximum absolute atomic E-state index is 6.11. The number of rotatable bonds is 4. The van der Waals surface area contributed by atoms with Crippen molar-refractivity contribution in [2.45, 2.75) is 43.0 Å². The summed E-state index contributed by atoms with van der Waals surface area (Å²) in [5, 5.41) is 0. The molecule has 0 spiro atoms. The van der Waals surface area contributed by atoms with E-state index in [0.29, 0.717) is 12.0 Å². The molecule has 2 rings (SSSR count). The highest BCUT2D eigenvalue weighted by Crippen LogP contribution is 2.41. The van der Waals surface area contributed by atoms with Gasteiger partial charge < -0.3 is 5.73 Å². The van der Waals surface area contributed by atoms with Gasteiger partial charge in [0.2, 0.25) is 0 Å². The second kappa shape index (κ2) is 5.04. The smallest absolute Gasteiger partial charge is 0.0107 e. The third-order valence-corrected chi connectivity index (χ3v) is 4.30. The van der Waals surface area contributed by atoms with E-state index in [0.717, 1.165) is 12.8 Å². The maximum atomic E-state index is 6.11. The second-order valence-electron chi connectivity index (χ2n) is 4.33. The molecular weight excluding hydrogens is 202 g/mol. The Kier molecular flexibility index (Phi) is 3.71. The average molecular weight is 221 g/mol. The van der Waals surface area contributed by atoms with E-state index in [1.165, 1.54) is 22.6 Å². The van der Waals surface area contributed by atoms with Gasteiger partial charge in [-0.2, -0.15) is 0 Å². The fourth-order valence-corrected chi connectivity index (χ4v) is 3.55. The summed E-state index contributed by atoms with van der Waals surface area (Å²) in [5.74, 6) is 1.91. The standard InChI is InChI=1S/C13H19NS/c1-2-5-11(14)8-10-9-15-13-7-4-3-6-12(10)13/h3-4,6-7,10-11H,2,5,8-9,14H2,1H3. The van der Waals surface area contributed by atoms with Gasteiger partial charge in [0.25, 0.3) is 0 Å². The van der Waals surface area contributed by atoms with Crippen molar-refractivity contribution in [1.82, 2.24) is 0 Å². The van der Waals surface area contributed by atoms with Crippen LogP contribution < -0.4 is 5.73 Å². The molecule has 2 atom stereocenters. The molecule has 1 aliphatic rings. The van der Waals surface area contributed by atoms with E-state index in [2.05, 4.69) is 31.2 Å². The van der Waals surface area contributed by atoms with E-state index in [9.17, 15) is 0 Å². The molecule has 0 aliphatic carbocycles. The Bertz CT molecular complexity index is 324. The molecule has 0 saturated carbocycles. The van der Waals surface area contributed by atoms with Crippen LogP contribution >= 0.6 is 11.8 Å². The Morgan fingerprint density at radius 1 is 1.47 bits per heavy atom. The molecule has 1 nitrogen and oxygen atoms in total. The molecule has 1 aromatic carbocycles. The van der Waals surface area contributed by atoms with Crippen LogP contribution in [0.1, 0.15) is 37.7 Å². The zero-order valence-corrected chi connectivity index (χ0v) is 10.1. The van der Waals surface area contributed by atoms with Crippen LogP contribution in [0.25, 0.3) is 0 Å². The molecule has 1 aliphatic heterocycles. The van der Waals surface area contributed by atoms with Crippen LogP contribution in [0.15, 0.2) is 29.2 Å². The van der Waals surface area contributed by atoms with Crippen molar-refractivity contribution in [3.63, 3.8) is 0 Å². The molecule has 2 N–H and O–H groups in total. The molecular formula is C13H19NS. The van der Waals surface area contributed by atoms with Gasteiger partial charge >= 0.3 is 0 Å². The summed E-state index contributed by atoms with van der Waals surface area (Å²) in [7, 11) is 0. The van der Waals surface area contributed by atoms with Crippen molar-refractivity contribution in [3.05, 3.63) is 29.8 Å². The van der Waals surface area contributed by atoms with Gasteiger partial charge in [-0.3, -0.25) is 0 Å². The summed E-state index contributed by atoms with van der Waals surface area (Å²) in [6.07, 6.45) is 3.50. The van der Waals surface area contributed by atoms with E-state index in [1.807, 2.05) is 11.8 Å². The summed E-state index contributed by atoms with van der Waals surface area (Å²) >= 11 is 1.98. The van der Waals surface area contributed by atoms with Gasteiger partial charge in [-0.05, 0) is 30.4 Å². The number of benzene rings is 1. The van der Waals surface area contributed by atoms with Crippen molar-refractivity contribution < 1.29 is 0 Å². The lowest BCUT2D eigenvalue weighted by atomic mass is 9.93. The first-order valence-electron chi connectivity index (χ1n) is 5.78. The van der Waals surface area contributed by atoms with Crippen molar-refractivity contribution in [1.29, 1.82) is 0 Å². The lowest BCUT2D eigenvalue weighted by molar-refractivity contribution is 0.519. The Labute approximate surface area is 96.4 Å². The van der Waals surface area contributed by atoms with Crippen molar-refractivity contribution in [2.75, 3.05) is 5.75 Å². The van der Waals surface area contributed by atoms with E-state index in [4.69, 9.17) is 5.73 Å². The van der Waals surface area contributed by atoms with E-state index >= 15 is 0 Å². The Morgan fingerprint density at radius 2 is 2.27 bits per heavy atom. The predicted octanol–water partition coefficient (Wildman–Crippen LogP) is 3.39. The fourth-order valence-electron chi connectivity index (χ4n) is 2.28. The van der Waals surface area contributed by atoms with Gasteiger partial charge in [0.05, 0.1) is 0 Å². The molecule has 1 aromatic rings. The summed E-state index contributed by atoms with van der Waals surface area (Å²) < 4.78 is 0. The monoisotopic (exact) mass is 221 g/mol. The highest BCUT2D eigenvalue weighted by atomic mass is 32.2. The fraction of sp³-hybridized carbons (Fsp3) is 0.538. The first kappa shape index (κ1) is 11.0. The molecule has 0 bridgehead atoms. The van der Waals surface area contributed by atoms with Crippen LogP contribution in [0.3, 0.4) is 0 Å². The predicted molar refractivity (Wildman–Crippen MR) is 67.4 cm³/mol. The molecule has 0 radical (unpaired) electrons. The first-order valence-corrected chi connectivity index (χ1v) is 6.77. The summed E-state index contributed by atoms with van der Waals surface area (Å²) in [6.45, 7) is 2.21. The minimum Gasteiger partial charge on any atom is -0.328 e. The van der Waals surface area contributed by atoms with E-state index < -0.39 is 0 Å². The summed E-state index contributed by atoms with van der Waals surface area (Å²) in [5.41, 5.74) is 7.63. The topological polar surface area (TPSA) is 26.0 Å². The zero-order chi connectivity index (χ0) is 10.7. The van der Waals surface area contributed by atoms with Crippen molar-refractivity contribution in [2.24, 2.45) is 5.73 Å².